The van der Waals surface area contributed by atoms with Crippen molar-refractivity contribution in [1.29, 1.82) is 0 Å². The summed E-state index contributed by atoms with van der Waals surface area (Å²) < 4.78 is 0. The predicted octanol–water partition coefficient (Wildman–Crippen LogP) is 1.19. The highest BCUT2D eigenvalue weighted by Gasteiger charge is 2.27. The summed E-state index contributed by atoms with van der Waals surface area (Å²) in [6.45, 7) is 10.3. The quantitative estimate of drug-likeness (QED) is 0.116. The van der Waals surface area contributed by atoms with Crippen LogP contribution in [0.1, 0.15) is 34.1 Å². The van der Waals surface area contributed by atoms with Gasteiger partial charge in [-0.15, -0.1) is 0 Å². The van der Waals surface area contributed by atoms with Crippen LogP contribution in [-0.4, -0.2) is 52.2 Å². The molecule has 0 aromatic rings. The van der Waals surface area contributed by atoms with Gasteiger partial charge in [0.2, 0.25) is 0 Å². The third-order valence-corrected chi connectivity index (χ3v) is 2.97. The molecule has 24 heavy (non-hydrogen) atoms. The van der Waals surface area contributed by atoms with Gasteiger partial charge in [-0.05, 0) is 27.7 Å². The van der Waals surface area contributed by atoms with Crippen molar-refractivity contribution < 1.29 is 20.0 Å². The maximum atomic E-state index is 10.5. The monoisotopic (exact) mass is 342 g/mol. The van der Waals surface area contributed by atoms with Crippen LogP contribution < -0.4 is 11.5 Å². The van der Waals surface area contributed by atoms with Crippen LogP contribution in [0.3, 0.4) is 0 Å². The summed E-state index contributed by atoms with van der Waals surface area (Å²) in [6.07, 6.45) is -0.115. The second-order valence-corrected chi connectivity index (χ2v) is 6.06. The Kier molecular flexibility index (Phi) is 8.03. The fourth-order valence-electron chi connectivity index (χ4n) is 1.21. The first-order chi connectivity index (χ1) is 10.9. The lowest BCUT2D eigenvalue weighted by Crippen LogP contribution is -2.40. The maximum absolute atomic E-state index is 10.5. The number of carbonyl (C=O) groups is 1. The molecule has 0 bridgehead atoms. The Labute approximate surface area is 141 Å². The number of carboxylic acid groups (broad SMARTS) is 1. The van der Waals surface area contributed by atoms with Crippen molar-refractivity contribution in [2.24, 2.45) is 31.7 Å². The lowest BCUT2D eigenvalue weighted by Gasteiger charge is -2.22. The topological polar surface area (TPSA) is 168 Å². The third kappa shape index (κ3) is 7.68. The molecule has 0 saturated heterocycles. The highest BCUT2D eigenvalue weighted by Crippen LogP contribution is 2.17. The molecule has 0 aliphatic heterocycles. The van der Waals surface area contributed by atoms with E-state index >= 15 is 0 Å². The normalized spacial score (nSPS) is 14.0. The van der Waals surface area contributed by atoms with Crippen LogP contribution in [0.25, 0.3) is 0 Å². The average molecular weight is 342 g/mol. The van der Waals surface area contributed by atoms with Crippen LogP contribution in [0, 0.1) is 0 Å². The predicted molar refractivity (Wildman–Crippen MR) is 91.1 cm³/mol. The zero-order valence-electron chi connectivity index (χ0n) is 14.5. The van der Waals surface area contributed by atoms with Crippen LogP contribution in [0.5, 0.6) is 0 Å². The molecule has 0 atom stereocenters. The zero-order valence-corrected chi connectivity index (χ0v) is 14.5. The molecule has 0 heterocycles. The number of rotatable bonds is 10. The average Bonchev–Trinajstić information content (AvgIpc) is 2.49. The second-order valence-electron chi connectivity index (χ2n) is 6.06. The number of aliphatic imine (C=N–C) groups is 2. The molecular weight excluding hydrogens is 316 g/mol. The molecule has 0 aliphatic rings. The fraction of sp³-hybridized carbons (Fsp3) is 0.643. The first-order valence-corrected chi connectivity index (χ1v) is 7.18. The molecule has 136 valence electrons. The first-order valence-electron chi connectivity index (χ1n) is 7.18. The van der Waals surface area contributed by atoms with Gasteiger partial charge in [-0.2, -0.15) is 10.2 Å². The molecule has 0 radical (unpaired) electrons. The van der Waals surface area contributed by atoms with Crippen LogP contribution in [0.4, 0.5) is 0 Å². The molecular formula is C14H26N6O4. The number of nitrogens with two attached hydrogens (primary N) is 2. The molecule has 0 aromatic heterocycles. The van der Waals surface area contributed by atoms with Gasteiger partial charge in [-0.3, -0.25) is 14.8 Å². The Morgan fingerprint density at radius 3 is 1.96 bits per heavy atom. The summed E-state index contributed by atoms with van der Waals surface area (Å²) in [5.41, 5.74) is 9.87. The van der Waals surface area contributed by atoms with E-state index in [-0.39, 0.29) is 36.9 Å². The molecule has 0 aromatic carbocycles. The molecule has 0 fully saturated rings. The van der Waals surface area contributed by atoms with Crippen LogP contribution in [0.15, 0.2) is 32.6 Å². The van der Waals surface area contributed by atoms with Crippen molar-refractivity contribution in [1.82, 2.24) is 0 Å². The number of hydrogen-bond acceptors (Lipinski definition) is 7. The molecule has 0 spiro atoms. The number of azo groups is 1. The van der Waals surface area contributed by atoms with Gasteiger partial charge in [0.25, 0.3) is 0 Å². The lowest BCUT2D eigenvalue weighted by atomic mass is 10.0. The Hall–Kier alpha value is -2.49. The van der Waals surface area contributed by atoms with Crippen molar-refractivity contribution in [3.63, 3.8) is 0 Å². The Morgan fingerprint density at radius 1 is 1.08 bits per heavy atom. The van der Waals surface area contributed by atoms with Gasteiger partial charge < -0.3 is 21.5 Å². The summed E-state index contributed by atoms with van der Waals surface area (Å²) in [5, 5.41) is 25.3. The van der Waals surface area contributed by atoms with E-state index in [0.717, 1.165) is 0 Å². The molecule has 0 aliphatic carbocycles. The van der Waals surface area contributed by atoms with Crippen LogP contribution in [0.2, 0.25) is 0 Å². The minimum atomic E-state index is -0.954. The Bertz CT molecular complexity index is 551. The van der Waals surface area contributed by atoms with Crippen molar-refractivity contribution in [3.05, 3.63) is 12.3 Å². The van der Waals surface area contributed by atoms with Crippen molar-refractivity contribution in [2.75, 3.05) is 13.1 Å². The van der Waals surface area contributed by atoms with E-state index in [0.29, 0.717) is 0 Å². The summed E-state index contributed by atoms with van der Waals surface area (Å²) in [5.74, 6) is -0.576. The second kappa shape index (κ2) is 8.96. The number of amidine groups is 2. The van der Waals surface area contributed by atoms with Gasteiger partial charge in [0.05, 0.1) is 13.0 Å². The van der Waals surface area contributed by atoms with E-state index in [2.05, 4.69) is 31.7 Å². The summed E-state index contributed by atoms with van der Waals surface area (Å²) >= 11 is 0. The van der Waals surface area contributed by atoms with Crippen molar-refractivity contribution in [2.45, 2.75) is 45.2 Å². The molecule has 0 amide bonds. The molecule has 10 heteroatoms. The highest BCUT2D eigenvalue weighted by atomic mass is 17.1. The van der Waals surface area contributed by atoms with Gasteiger partial charge in [-0.1, -0.05) is 6.58 Å². The molecule has 6 N–H and O–H groups in total. The minimum absolute atomic E-state index is 0.0105. The SMILES string of the molecule is C=C(CN=C(N)C(C)(C)N=NC(C)(C)C(N)=NCCC(=O)O)OO. The molecule has 10 nitrogen and oxygen atoms in total. The Balaban J connectivity index is 5.04. The number of hydrogen-bond donors (Lipinski definition) is 4. The fourth-order valence-corrected chi connectivity index (χ4v) is 1.21. The van der Waals surface area contributed by atoms with Gasteiger partial charge >= 0.3 is 5.97 Å². The zero-order chi connectivity index (χ0) is 19.0. The van der Waals surface area contributed by atoms with Crippen molar-refractivity contribution in [3.8, 4) is 0 Å². The number of carboxylic acids is 1. The van der Waals surface area contributed by atoms with Crippen LogP contribution in [-0.2, 0) is 9.68 Å². The minimum Gasteiger partial charge on any atom is -0.481 e. The van der Waals surface area contributed by atoms with E-state index < -0.39 is 17.0 Å². The van der Waals surface area contributed by atoms with E-state index in [9.17, 15) is 4.79 Å². The van der Waals surface area contributed by atoms with Gasteiger partial charge in [0, 0.05) is 0 Å². The maximum Gasteiger partial charge on any atom is 0.305 e. The summed E-state index contributed by atoms with van der Waals surface area (Å²) in [6, 6.07) is 0. The van der Waals surface area contributed by atoms with Crippen LogP contribution >= 0.6 is 0 Å². The highest BCUT2D eigenvalue weighted by molar-refractivity contribution is 5.90. The number of aliphatic carboxylic acids is 1. The van der Waals surface area contributed by atoms with E-state index in [1.54, 1.807) is 27.7 Å². The summed E-state index contributed by atoms with van der Waals surface area (Å²) in [7, 11) is 0. The smallest absolute Gasteiger partial charge is 0.305 e. The molecule has 0 rings (SSSR count). The first kappa shape index (κ1) is 21.5. The standard InChI is InChI=1S/C14H26N6O4/c1-9(24-23)8-18-12(16)14(4,5)20-19-13(2,3)11(15)17-7-6-10(21)22/h23H,1,6-8H2,2-5H3,(H2,15,17)(H2,16,18)(H,21,22). The largest absolute Gasteiger partial charge is 0.481 e. The van der Waals surface area contributed by atoms with Gasteiger partial charge in [0.15, 0.2) is 5.76 Å². The number of nitrogens with zero attached hydrogens (tertiary/aromatic N) is 4. The summed E-state index contributed by atoms with van der Waals surface area (Å²) in [4.78, 5) is 22.4. The van der Waals surface area contributed by atoms with Gasteiger partial charge in [0.1, 0.15) is 29.3 Å². The van der Waals surface area contributed by atoms with E-state index in [1.807, 2.05) is 0 Å². The molecule has 0 saturated carbocycles. The van der Waals surface area contributed by atoms with Crippen molar-refractivity contribution >= 4 is 17.6 Å². The van der Waals surface area contributed by atoms with Gasteiger partial charge in [-0.25, -0.2) is 5.26 Å². The Morgan fingerprint density at radius 2 is 1.54 bits per heavy atom. The third-order valence-electron chi connectivity index (χ3n) is 2.97. The van der Waals surface area contributed by atoms with E-state index in [4.69, 9.17) is 21.8 Å². The molecule has 0 unspecified atom stereocenters. The van der Waals surface area contributed by atoms with E-state index in [1.165, 1.54) is 0 Å². The lowest BCUT2D eigenvalue weighted by molar-refractivity contribution is -0.202.